The van der Waals surface area contributed by atoms with Crippen LogP contribution in [0.1, 0.15) is 38.3 Å². The highest BCUT2D eigenvalue weighted by Gasteiger charge is 2.52. The van der Waals surface area contributed by atoms with E-state index in [1.54, 1.807) is 13.8 Å². The molecule has 0 saturated heterocycles. The fourth-order valence-electron chi connectivity index (χ4n) is 0.892. The topological polar surface area (TPSA) is 67.6 Å². The smallest absolute Gasteiger partial charge is 0.311 e. The number of nitrogens with one attached hydrogen (secondary N) is 1. The van der Waals surface area contributed by atoms with Crippen LogP contribution in [0.5, 0.6) is 0 Å². The zero-order chi connectivity index (χ0) is 11.9. The van der Waals surface area contributed by atoms with Gasteiger partial charge in [-0.3, -0.25) is 5.10 Å². The van der Waals surface area contributed by atoms with Crippen LogP contribution in [0.15, 0.2) is 0 Å². The fourth-order valence-corrected chi connectivity index (χ4v) is 0.892. The summed E-state index contributed by atoms with van der Waals surface area (Å²) in [4.78, 5) is 3.74. The van der Waals surface area contributed by atoms with E-state index in [1.807, 2.05) is 0 Å². The van der Waals surface area contributed by atoms with Crippen LogP contribution >= 0.6 is 0 Å². The number of nitrogens with zero attached hydrogens (tertiary/aromatic N) is 2. The molecule has 0 spiro atoms. The Morgan fingerprint density at radius 3 is 2.20 bits per heavy atom. The highest BCUT2D eigenvalue weighted by Crippen LogP contribution is 2.34. The van der Waals surface area contributed by atoms with Crippen molar-refractivity contribution in [1.29, 1.82) is 0 Å². The molecule has 4 nitrogen and oxygen atoms in total. The van der Waals surface area contributed by atoms with Gasteiger partial charge in [0.2, 0.25) is 0 Å². The van der Waals surface area contributed by atoms with Gasteiger partial charge in [-0.2, -0.15) is 18.3 Å². The van der Waals surface area contributed by atoms with Crippen LogP contribution in [0.4, 0.5) is 13.2 Å². The summed E-state index contributed by atoms with van der Waals surface area (Å²) in [6.07, 6.45) is -4.57. The third-order valence-corrected chi connectivity index (χ3v) is 2.10. The number of H-pyrrole nitrogens is 1. The van der Waals surface area contributed by atoms with E-state index in [1.165, 1.54) is 0 Å². The predicted molar refractivity (Wildman–Crippen MR) is 48.1 cm³/mol. The van der Waals surface area contributed by atoms with Crippen molar-refractivity contribution in [1.82, 2.24) is 15.2 Å². The molecule has 1 aromatic rings. The van der Waals surface area contributed by atoms with Crippen LogP contribution in [0.2, 0.25) is 0 Å². The van der Waals surface area contributed by atoms with Gasteiger partial charge in [0, 0.05) is 5.92 Å². The highest BCUT2D eigenvalue weighted by molar-refractivity contribution is 5.08. The first kappa shape index (κ1) is 12.0. The second kappa shape index (κ2) is 3.48. The molecule has 86 valence electrons. The summed E-state index contributed by atoms with van der Waals surface area (Å²) in [6, 6.07) is 0. The van der Waals surface area contributed by atoms with Gasteiger partial charge in [0.15, 0.2) is 11.4 Å². The Hall–Kier alpha value is -1.11. The van der Waals surface area contributed by atoms with Crippen molar-refractivity contribution in [2.24, 2.45) is 5.73 Å². The number of halogens is 3. The summed E-state index contributed by atoms with van der Waals surface area (Å²) >= 11 is 0. The van der Waals surface area contributed by atoms with Gasteiger partial charge < -0.3 is 5.73 Å². The minimum atomic E-state index is -4.57. The second-order valence-electron chi connectivity index (χ2n) is 3.90. The highest BCUT2D eigenvalue weighted by atomic mass is 19.4. The molecule has 0 aliphatic rings. The molecule has 1 unspecified atom stereocenters. The Morgan fingerprint density at radius 2 is 1.87 bits per heavy atom. The van der Waals surface area contributed by atoms with Gasteiger partial charge in [0.05, 0.1) is 0 Å². The molecule has 0 aliphatic carbocycles. The first-order valence-electron chi connectivity index (χ1n) is 4.44. The molecule has 1 aromatic heterocycles. The minimum absolute atomic E-state index is 0.0183. The van der Waals surface area contributed by atoms with E-state index in [0.29, 0.717) is 5.82 Å². The van der Waals surface area contributed by atoms with Crippen molar-refractivity contribution < 1.29 is 13.2 Å². The summed E-state index contributed by atoms with van der Waals surface area (Å²) in [5.41, 5.74) is 2.64. The lowest BCUT2D eigenvalue weighted by molar-refractivity contribution is -0.186. The number of hydrogen-bond donors (Lipinski definition) is 2. The summed E-state index contributed by atoms with van der Waals surface area (Å²) in [6.45, 7) is 4.44. The van der Waals surface area contributed by atoms with E-state index in [9.17, 15) is 13.2 Å². The van der Waals surface area contributed by atoms with Gasteiger partial charge in [-0.15, -0.1) is 0 Å². The summed E-state index contributed by atoms with van der Waals surface area (Å²) in [5.74, 6) is -0.0556. The molecule has 0 aromatic carbocycles. The zero-order valence-corrected chi connectivity index (χ0v) is 8.68. The summed E-state index contributed by atoms with van der Waals surface area (Å²) in [7, 11) is 0. The van der Waals surface area contributed by atoms with Gasteiger partial charge in [-0.25, -0.2) is 4.98 Å². The van der Waals surface area contributed by atoms with Crippen molar-refractivity contribution in [3.05, 3.63) is 11.6 Å². The Labute approximate surface area is 85.1 Å². The van der Waals surface area contributed by atoms with Crippen LogP contribution < -0.4 is 5.73 Å². The molecule has 0 saturated carbocycles. The van der Waals surface area contributed by atoms with Crippen molar-refractivity contribution in [2.75, 3.05) is 0 Å². The van der Waals surface area contributed by atoms with E-state index in [4.69, 9.17) is 5.73 Å². The molecule has 15 heavy (non-hydrogen) atoms. The molecule has 1 heterocycles. The van der Waals surface area contributed by atoms with Crippen LogP contribution in [-0.2, 0) is 5.54 Å². The maximum Gasteiger partial charge on any atom is 0.413 e. The molecule has 0 radical (unpaired) electrons. The standard InChI is InChI=1S/C8H13F3N4/c1-4(2)5-13-6(15-14-5)7(3,12)8(9,10)11/h4H,12H2,1-3H3,(H,13,14,15). The van der Waals surface area contributed by atoms with E-state index in [-0.39, 0.29) is 5.92 Å². The van der Waals surface area contributed by atoms with Gasteiger partial charge in [0.25, 0.3) is 0 Å². The van der Waals surface area contributed by atoms with Gasteiger partial charge >= 0.3 is 6.18 Å². The number of hydrogen-bond acceptors (Lipinski definition) is 3. The quantitative estimate of drug-likeness (QED) is 0.799. The molecule has 1 rings (SSSR count). The first-order valence-corrected chi connectivity index (χ1v) is 4.44. The molecule has 1 atom stereocenters. The Morgan fingerprint density at radius 1 is 1.33 bits per heavy atom. The van der Waals surface area contributed by atoms with E-state index in [0.717, 1.165) is 6.92 Å². The molecular formula is C8H13F3N4. The lowest BCUT2D eigenvalue weighted by atomic mass is 10.0. The Bertz CT molecular complexity index is 340. The average molecular weight is 222 g/mol. The van der Waals surface area contributed by atoms with Gasteiger partial charge in [-0.05, 0) is 6.92 Å². The Balaban J connectivity index is 3.06. The SMILES string of the molecule is CC(C)c1nc(C(C)(N)C(F)(F)F)n[nH]1. The average Bonchev–Trinajstić information content (AvgIpc) is 2.49. The van der Waals surface area contributed by atoms with E-state index in [2.05, 4.69) is 15.2 Å². The van der Waals surface area contributed by atoms with Gasteiger partial charge in [0.1, 0.15) is 5.82 Å². The largest absolute Gasteiger partial charge is 0.413 e. The van der Waals surface area contributed by atoms with Crippen molar-refractivity contribution in [3.8, 4) is 0 Å². The molecule has 0 fully saturated rings. The van der Waals surface area contributed by atoms with E-state index < -0.39 is 17.5 Å². The molecule has 3 N–H and O–H groups in total. The lowest BCUT2D eigenvalue weighted by Gasteiger charge is -2.23. The van der Waals surface area contributed by atoms with Gasteiger partial charge in [-0.1, -0.05) is 13.8 Å². The third kappa shape index (κ3) is 2.11. The molecule has 0 aliphatic heterocycles. The lowest BCUT2D eigenvalue weighted by Crippen LogP contribution is -2.48. The summed E-state index contributed by atoms with van der Waals surface area (Å²) in [5, 5.41) is 5.94. The van der Waals surface area contributed by atoms with Crippen LogP contribution in [-0.4, -0.2) is 21.4 Å². The number of nitrogens with two attached hydrogens (primary N) is 1. The number of aromatic nitrogens is 3. The van der Waals surface area contributed by atoms with Crippen molar-refractivity contribution in [3.63, 3.8) is 0 Å². The van der Waals surface area contributed by atoms with Crippen molar-refractivity contribution >= 4 is 0 Å². The van der Waals surface area contributed by atoms with Crippen LogP contribution in [0, 0.1) is 0 Å². The number of rotatable bonds is 2. The monoisotopic (exact) mass is 222 g/mol. The van der Waals surface area contributed by atoms with Crippen LogP contribution in [0.3, 0.4) is 0 Å². The second-order valence-corrected chi connectivity index (χ2v) is 3.90. The molecule has 7 heteroatoms. The number of alkyl halides is 3. The minimum Gasteiger partial charge on any atom is -0.311 e. The normalized spacial score (nSPS) is 16.8. The maximum absolute atomic E-state index is 12.5. The van der Waals surface area contributed by atoms with Crippen LogP contribution in [0.25, 0.3) is 0 Å². The molecule has 0 bridgehead atoms. The maximum atomic E-state index is 12.5. The van der Waals surface area contributed by atoms with E-state index >= 15 is 0 Å². The zero-order valence-electron chi connectivity index (χ0n) is 8.68. The fraction of sp³-hybridized carbons (Fsp3) is 0.750. The first-order chi connectivity index (χ1) is 6.66. The number of aromatic amines is 1. The molecular weight excluding hydrogens is 209 g/mol. The predicted octanol–water partition coefficient (Wildman–Crippen LogP) is 1.66. The van der Waals surface area contributed by atoms with Crippen molar-refractivity contribution in [2.45, 2.75) is 38.4 Å². The third-order valence-electron chi connectivity index (χ3n) is 2.10. The summed E-state index contributed by atoms with van der Waals surface area (Å²) < 4.78 is 37.5. The Kier molecular flexibility index (Phi) is 2.77. The molecule has 0 amide bonds.